The Morgan fingerprint density at radius 2 is 0.894 bits per heavy atom. The maximum absolute atomic E-state index is 12.9. The summed E-state index contributed by atoms with van der Waals surface area (Å²) in [6.45, 7) is 4.59. The van der Waals surface area contributed by atoms with E-state index in [0.717, 1.165) is 57.8 Å². The normalized spacial score (nSPS) is 14.6. The number of rotatable bonds is 49. The van der Waals surface area contributed by atoms with Gasteiger partial charge in [-0.3, -0.25) is 9.36 Å². The molecule has 0 aromatic carbocycles. The van der Waals surface area contributed by atoms with E-state index in [1.54, 1.807) is 6.08 Å². The van der Waals surface area contributed by atoms with Crippen molar-refractivity contribution in [3.05, 3.63) is 72.9 Å². The van der Waals surface area contributed by atoms with Crippen molar-refractivity contribution >= 4 is 13.7 Å². The van der Waals surface area contributed by atoms with Crippen LogP contribution in [0, 0.1) is 0 Å². The number of allylic oxidation sites excluding steroid dienone is 11. The van der Waals surface area contributed by atoms with Crippen molar-refractivity contribution in [3.63, 3.8) is 0 Å². The highest BCUT2D eigenvalue weighted by molar-refractivity contribution is 7.45. The molecular weight excluding hydrogens is 840 g/mol. The van der Waals surface area contributed by atoms with Gasteiger partial charge in [-0.15, -0.1) is 0 Å². The third kappa shape index (κ3) is 49.8. The molecule has 0 rings (SSSR count). The Labute approximate surface area is 408 Å². The van der Waals surface area contributed by atoms with Crippen LogP contribution >= 0.6 is 7.82 Å². The number of phosphoric ester groups is 1. The average Bonchev–Trinajstić information content (AvgIpc) is 3.28. The van der Waals surface area contributed by atoms with Crippen LogP contribution in [-0.4, -0.2) is 68.5 Å². The first-order valence-corrected chi connectivity index (χ1v) is 28.8. The van der Waals surface area contributed by atoms with Crippen LogP contribution in [0.15, 0.2) is 72.9 Å². The fourth-order valence-electron chi connectivity index (χ4n) is 7.54. The number of aliphatic hydroxyl groups is 1. The van der Waals surface area contributed by atoms with E-state index in [1.165, 1.54) is 154 Å². The van der Waals surface area contributed by atoms with Gasteiger partial charge in [-0.05, 0) is 83.5 Å². The van der Waals surface area contributed by atoms with E-state index >= 15 is 0 Å². The molecule has 0 radical (unpaired) electrons. The summed E-state index contributed by atoms with van der Waals surface area (Å²) in [6, 6.07) is -0.912. The van der Waals surface area contributed by atoms with E-state index in [4.69, 9.17) is 9.05 Å². The molecule has 0 aliphatic rings. The van der Waals surface area contributed by atoms with E-state index < -0.39 is 26.6 Å². The van der Waals surface area contributed by atoms with Crippen LogP contribution < -0.4 is 10.2 Å². The summed E-state index contributed by atoms with van der Waals surface area (Å²) in [5.41, 5.74) is 0. The molecule has 0 saturated heterocycles. The lowest BCUT2D eigenvalue weighted by Gasteiger charge is -2.29. The van der Waals surface area contributed by atoms with E-state index in [0.29, 0.717) is 17.4 Å². The van der Waals surface area contributed by atoms with Crippen molar-refractivity contribution in [2.75, 3.05) is 40.9 Å². The molecule has 66 heavy (non-hydrogen) atoms. The van der Waals surface area contributed by atoms with Crippen molar-refractivity contribution in [1.29, 1.82) is 0 Å². The van der Waals surface area contributed by atoms with Gasteiger partial charge < -0.3 is 28.8 Å². The molecule has 0 heterocycles. The Morgan fingerprint density at radius 1 is 0.530 bits per heavy atom. The predicted octanol–water partition coefficient (Wildman–Crippen LogP) is 15.7. The second-order valence-corrected chi connectivity index (χ2v) is 21.0. The molecule has 3 unspecified atom stereocenters. The van der Waals surface area contributed by atoms with Gasteiger partial charge in [-0.1, -0.05) is 215 Å². The minimum Gasteiger partial charge on any atom is -0.756 e. The minimum atomic E-state index is -4.61. The van der Waals surface area contributed by atoms with E-state index in [-0.39, 0.29) is 12.5 Å². The number of aliphatic hydroxyl groups excluding tert-OH is 1. The highest BCUT2D eigenvalue weighted by Crippen LogP contribution is 2.38. The molecule has 2 N–H and O–H groups in total. The van der Waals surface area contributed by atoms with Gasteiger partial charge in [0.2, 0.25) is 5.91 Å². The van der Waals surface area contributed by atoms with Crippen LogP contribution in [0.1, 0.15) is 232 Å². The number of hydrogen-bond acceptors (Lipinski definition) is 6. The zero-order chi connectivity index (χ0) is 48.5. The number of nitrogens with zero attached hydrogens (tertiary/aromatic N) is 1. The maximum atomic E-state index is 12.9. The Bertz CT molecular complexity index is 1300. The first-order chi connectivity index (χ1) is 32.0. The van der Waals surface area contributed by atoms with Gasteiger partial charge in [0.15, 0.2) is 0 Å². The lowest BCUT2D eigenvalue weighted by molar-refractivity contribution is -0.870. The van der Waals surface area contributed by atoms with Gasteiger partial charge in [-0.25, -0.2) is 0 Å². The van der Waals surface area contributed by atoms with Gasteiger partial charge in [-0.2, -0.15) is 0 Å². The largest absolute Gasteiger partial charge is 0.756 e. The molecule has 8 nitrogen and oxygen atoms in total. The Kier molecular flexibility index (Phi) is 46.5. The zero-order valence-electron chi connectivity index (χ0n) is 43.6. The number of likely N-dealkylation sites (N-methyl/N-ethyl adjacent to an activating group) is 1. The second kappa shape index (κ2) is 48.0. The molecule has 0 aliphatic heterocycles. The lowest BCUT2D eigenvalue weighted by Crippen LogP contribution is -2.45. The standard InChI is InChI=1S/C57H105N2O6P/c1-6-8-10-12-14-16-18-20-22-23-24-25-26-27-28-29-30-31-32-33-34-35-37-39-41-43-45-47-49-51-57(61)58-55(54-65-66(62,63)64-53-52-59(3,4)5)56(60)50-48-46-44-42-40-38-36-21-19-17-15-13-11-9-7-2/h18-21,23-24,26-27,40,42,48,50,55-56,60H,6-17,22,25,28-39,41,43-47,49,51-54H2,1-5H3,(H-,58,61,62,63)/b20-18-,21-19+,24-23-,27-26-,42-40+,50-48+. The number of carbonyl (C=O) groups is 1. The summed E-state index contributed by atoms with van der Waals surface area (Å²) in [5, 5.41) is 13.8. The lowest BCUT2D eigenvalue weighted by atomic mass is 10.0. The van der Waals surface area contributed by atoms with Crippen molar-refractivity contribution in [2.24, 2.45) is 0 Å². The van der Waals surface area contributed by atoms with E-state index in [2.05, 4.69) is 79.9 Å². The molecule has 0 bridgehead atoms. The van der Waals surface area contributed by atoms with Gasteiger partial charge in [0, 0.05) is 6.42 Å². The summed E-state index contributed by atoms with van der Waals surface area (Å²) < 4.78 is 23.3. The van der Waals surface area contributed by atoms with Crippen LogP contribution in [-0.2, 0) is 18.4 Å². The number of carbonyl (C=O) groups excluding carboxylic acids is 1. The van der Waals surface area contributed by atoms with E-state index in [9.17, 15) is 19.4 Å². The SMILES string of the molecule is CCCCCCC/C=C\C/C=C\C/C=C\CCCCCCCCCCCCCCCCC(=O)NC(COP(=O)([O-])OCC[N+](C)(C)C)C(O)/C=C/CC/C=C/CC/C=C/CCCCCCC. The summed E-state index contributed by atoms with van der Waals surface area (Å²) >= 11 is 0. The Hall–Kier alpha value is -2.06. The van der Waals surface area contributed by atoms with E-state index in [1.807, 2.05) is 27.2 Å². The van der Waals surface area contributed by atoms with Crippen molar-refractivity contribution in [3.8, 4) is 0 Å². The van der Waals surface area contributed by atoms with Crippen LogP contribution in [0.4, 0.5) is 0 Å². The molecule has 0 fully saturated rings. The van der Waals surface area contributed by atoms with Crippen molar-refractivity contribution in [1.82, 2.24) is 5.32 Å². The fourth-order valence-corrected chi connectivity index (χ4v) is 8.27. The van der Waals surface area contributed by atoms with Gasteiger partial charge >= 0.3 is 0 Å². The molecule has 384 valence electrons. The maximum Gasteiger partial charge on any atom is 0.268 e. The third-order valence-corrected chi connectivity index (χ3v) is 12.8. The number of quaternary nitrogens is 1. The Balaban J connectivity index is 4.21. The molecule has 3 atom stereocenters. The van der Waals surface area contributed by atoms with Crippen LogP contribution in [0.25, 0.3) is 0 Å². The molecule has 0 aromatic heterocycles. The van der Waals surface area contributed by atoms with Crippen molar-refractivity contribution < 1.29 is 32.9 Å². The summed E-state index contributed by atoms with van der Waals surface area (Å²) in [5.74, 6) is -0.214. The molecule has 0 aromatic rings. The first kappa shape index (κ1) is 63.9. The molecular formula is C57H105N2O6P. The average molecular weight is 945 g/mol. The van der Waals surface area contributed by atoms with Crippen LogP contribution in [0.2, 0.25) is 0 Å². The third-order valence-electron chi connectivity index (χ3n) is 11.9. The monoisotopic (exact) mass is 945 g/mol. The molecule has 0 aliphatic carbocycles. The van der Waals surface area contributed by atoms with Gasteiger partial charge in [0.25, 0.3) is 7.82 Å². The zero-order valence-corrected chi connectivity index (χ0v) is 44.5. The molecule has 9 heteroatoms. The number of nitrogens with one attached hydrogen (secondary N) is 1. The number of hydrogen-bond donors (Lipinski definition) is 2. The Morgan fingerprint density at radius 3 is 1.33 bits per heavy atom. The first-order valence-electron chi connectivity index (χ1n) is 27.3. The molecule has 1 amide bonds. The minimum absolute atomic E-state index is 0.0114. The topological polar surface area (TPSA) is 108 Å². The number of amides is 1. The van der Waals surface area contributed by atoms with Crippen molar-refractivity contribution in [2.45, 2.75) is 244 Å². The second-order valence-electron chi connectivity index (χ2n) is 19.6. The summed E-state index contributed by atoms with van der Waals surface area (Å²) in [4.78, 5) is 25.4. The smallest absolute Gasteiger partial charge is 0.268 e. The fraction of sp³-hybridized carbons (Fsp3) is 0.772. The molecule has 0 saturated carbocycles. The van der Waals surface area contributed by atoms with Gasteiger partial charge in [0.1, 0.15) is 13.2 Å². The summed E-state index contributed by atoms with van der Waals surface area (Å²) in [7, 11) is 1.23. The van der Waals surface area contributed by atoms with Crippen LogP contribution in [0.5, 0.6) is 0 Å². The van der Waals surface area contributed by atoms with Crippen LogP contribution in [0.3, 0.4) is 0 Å². The van der Waals surface area contributed by atoms with Gasteiger partial charge in [0.05, 0.1) is 39.9 Å². The summed E-state index contributed by atoms with van der Waals surface area (Å²) in [6.07, 6.45) is 65.5. The predicted molar refractivity (Wildman–Crippen MR) is 284 cm³/mol. The number of phosphoric acid groups is 1. The highest BCUT2D eigenvalue weighted by atomic mass is 31.2. The highest BCUT2D eigenvalue weighted by Gasteiger charge is 2.23. The number of unbranched alkanes of at least 4 members (excludes halogenated alkanes) is 26. The quantitative estimate of drug-likeness (QED) is 0.0272. The molecule has 0 spiro atoms.